The van der Waals surface area contributed by atoms with Crippen LogP contribution in [0.25, 0.3) is 0 Å². The molecule has 6 heteroatoms. The van der Waals surface area contributed by atoms with Crippen molar-refractivity contribution in [2.24, 2.45) is 5.10 Å². The van der Waals surface area contributed by atoms with Gasteiger partial charge in [-0.3, -0.25) is 4.79 Å². The summed E-state index contributed by atoms with van der Waals surface area (Å²) < 4.78 is 6.08. The Bertz CT molecular complexity index is 978. The zero-order valence-corrected chi connectivity index (χ0v) is 18.6. The molecule has 1 heterocycles. The molecular weight excluding hydrogens is 380 g/mol. The van der Waals surface area contributed by atoms with Crippen molar-refractivity contribution in [3.8, 4) is 11.5 Å². The second-order valence-corrected chi connectivity index (χ2v) is 9.72. The molecule has 30 heavy (non-hydrogen) atoms. The Labute approximate surface area is 177 Å². The fraction of sp³-hybridized carbons (Fsp3) is 0.417. The average molecular weight is 411 g/mol. The minimum Gasteiger partial charge on any atom is -0.507 e. The Morgan fingerprint density at radius 3 is 2.00 bits per heavy atom. The summed E-state index contributed by atoms with van der Waals surface area (Å²) in [5, 5.41) is 26.8. The Kier molecular flexibility index (Phi) is 5.31. The van der Waals surface area contributed by atoms with Gasteiger partial charge < -0.3 is 14.9 Å². The van der Waals surface area contributed by atoms with Crippen LogP contribution in [0.15, 0.2) is 41.5 Å². The van der Waals surface area contributed by atoms with E-state index in [1.165, 1.54) is 11.9 Å². The van der Waals surface area contributed by atoms with E-state index < -0.39 is 6.23 Å². The first-order valence-corrected chi connectivity index (χ1v) is 10.0. The normalized spacial score (nSPS) is 17.0. The van der Waals surface area contributed by atoms with Crippen LogP contribution in [0.5, 0.6) is 11.5 Å². The smallest absolute Gasteiger partial charge is 0.244 e. The number of hydrogen-bond donors (Lipinski definition) is 2. The second kappa shape index (κ2) is 7.35. The molecule has 1 amide bonds. The van der Waals surface area contributed by atoms with Gasteiger partial charge in [0, 0.05) is 23.6 Å². The number of nitrogens with zero attached hydrogens (tertiary/aromatic N) is 2. The molecule has 0 spiro atoms. The van der Waals surface area contributed by atoms with Gasteiger partial charge in [-0.05, 0) is 35.1 Å². The summed E-state index contributed by atoms with van der Waals surface area (Å²) in [4.78, 5) is 12.3. The van der Waals surface area contributed by atoms with Crippen LogP contribution < -0.4 is 0 Å². The number of para-hydroxylation sites is 1. The molecule has 2 aromatic rings. The highest BCUT2D eigenvalue weighted by molar-refractivity contribution is 5.98. The summed E-state index contributed by atoms with van der Waals surface area (Å²) in [7, 11) is 0. The van der Waals surface area contributed by atoms with Crippen LogP contribution in [0.2, 0.25) is 0 Å². The lowest BCUT2D eigenvalue weighted by Crippen LogP contribution is -2.26. The first-order chi connectivity index (χ1) is 13.8. The average Bonchev–Trinajstić information content (AvgIpc) is 3.05. The lowest BCUT2D eigenvalue weighted by molar-refractivity contribution is -0.135. The number of benzene rings is 2. The third kappa shape index (κ3) is 3.99. The van der Waals surface area contributed by atoms with E-state index in [0.29, 0.717) is 11.1 Å². The fourth-order valence-corrected chi connectivity index (χ4v) is 3.49. The number of phenolic OH excluding ortho intramolecular Hbond substituents is 2. The maximum absolute atomic E-state index is 12.3. The van der Waals surface area contributed by atoms with E-state index in [0.717, 1.165) is 11.1 Å². The number of aromatic hydroxyl groups is 2. The minimum atomic E-state index is -0.792. The molecule has 160 valence electrons. The van der Waals surface area contributed by atoms with Gasteiger partial charge in [-0.25, -0.2) is 0 Å². The highest BCUT2D eigenvalue weighted by atomic mass is 16.5. The molecule has 1 aliphatic rings. The number of carbonyl (C=O) groups excluding carboxylic acids is 1. The van der Waals surface area contributed by atoms with Crippen LogP contribution in [-0.4, -0.2) is 27.0 Å². The van der Waals surface area contributed by atoms with Gasteiger partial charge in [-0.15, -0.1) is 5.10 Å². The summed E-state index contributed by atoms with van der Waals surface area (Å²) in [6.45, 7) is 13.6. The summed E-state index contributed by atoms with van der Waals surface area (Å²) in [5.41, 5.74) is 2.03. The molecule has 3 rings (SSSR count). The van der Waals surface area contributed by atoms with E-state index in [9.17, 15) is 15.0 Å². The predicted octanol–water partition coefficient (Wildman–Crippen LogP) is 4.93. The lowest BCUT2D eigenvalue weighted by Gasteiger charge is -2.30. The SMILES string of the molecule is CC(=O)N1N=C(c2ccccc2O)O[C@H]1c1cc(C(C)(C)C)c(O)c(C(C)(C)C)c1. The number of carbonyl (C=O) groups is 1. The van der Waals surface area contributed by atoms with Crippen LogP contribution in [0.1, 0.15) is 76.9 Å². The maximum Gasteiger partial charge on any atom is 0.244 e. The molecule has 0 saturated heterocycles. The number of rotatable bonds is 2. The second-order valence-electron chi connectivity index (χ2n) is 9.72. The van der Waals surface area contributed by atoms with Gasteiger partial charge >= 0.3 is 0 Å². The number of hydrogen-bond acceptors (Lipinski definition) is 5. The zero-order chi connectivity index (χ0) is 22.4. The van der Waals surface area contributed by atoms with Gasteiger partial charge in [-0.2, -0.15) is 5.01 Å². The Balaban J connectivity index is 2.15. The molecule has 0 aliphatic carbocycles. The highest BCUT2D eigenvalue weighted by Gasteiger charge is 2.36. The van der Waals surface area contributed by atoms with Crippen LogP contribution in [0.4, 0.5) is 0 Å². The van der Waals surface area contributed by atoms with Crippen molar-refractivity contribution >= 4 is 11.8 Å². The molecule has 1 aliphatic heterocycles. The molecule has 0 bridgehead atoms. The van der Waals surface area contributed by atoms with Gasteiger partial charge in [0.25, 0.3) is 0 Å². The molecule has 0 saturated carbocycles. The maximum atomic E-state index is 12.3. The van der Waals surface area contributed by atoms with Crippen LogP contribution in [-0.2, 0) is 20.4 Å². The van der Waals surface area contributed by atoms with Crippen molar-refractivity contribution in [3.05, 3.63) is 58.7 Å². The van der Waals surface area contributed by atoms with Gasteiger partial charge in [0.1, 0.15) is 11.5 Å². The number of hydrazone groups is 1. The van der Waals surface area contributed by atoms with Crippen LogP contribution >= 0.6 is 0 Å². The molecule has 0 aromatic heterocycles. The molecule has 0 fully saturated rings. The molecular formula is C24H30N2O4. The van der Waals surface area contributed by atoms with E-state index in [-0.39, 0.29) is 34.1 Å². The molecule has 6 nitrogen and oxygen atoms in total. The van der Waals surface area contributed by atoms with Crippen molar-refractivity contribution in [3.63, 3.8) is 0 Å². The van der Waals surface area contributed by atoms with Crippen molar-refractivity contribution in [2.75, 3.05) is 0 Å². The summed E-state index contributed by atoms with van der Waals surface area (Å²) >= 11 is 0. The first-order valence-electron chi connectivity index (χ1n) is 10.0. The van der Waals surface area contributed by atoms with Gasteiger partial charge in [0.2, 0.25) is 18.0 Å². The number of phenols is 2. The van der Waals surface area contributed by atoms with E-state index in [4.69, 9.17) is 4.74 Å². The lowest BCUT2D eigenvalue weighted by atomic mass is 9.78. The van der Waals surface area contributed by atoms with Crippen molar-refractivity contribution in [2.45, 2.75) is 65.5 Å². The Morgan fingerprint density at radius 1 is 1.00 bits per heavy atom. The van der Waals surface area contributed by atoms with Gasteiger partial charge in [0.05, 0.1) is 5.56 Å². The first kappa shape index (κ1) is 21.7. The molecule has 1 atom stereocenters. The third-order valence-corrected chi connectivity index (χ3v) is 5.13. The quantitative estimate of drug-likeness (QED) is 0.735. The van der Waals surface area contributed by atoms with Gasteiger partial charge in [-0.1, -0.05) is 53.7 Å². The largest absolute Gasteiger partial charge is 0.507 e. The Morgan fingerprint density at radius 2 is 1.53 bits per heavy atom. The standard InChI is InChI=1S/C24H30N2O4/c1-14(27)26-22(30-21(25-26)16-10-8-9-11-19(16)28)15-12-17(23(2,3)4)20(29)18(13-15)24(5,6)7/h8-13,22,28-29H,1-7H3/t22-/m0/s1. The monoisotopic (exact) mass is 410 g/mol. The predicted molar refractivity (Wildman–Crippen MR) is 116 cm³/mol. The van der Waals surface area contributed by atoms with Crippen molar-refractivity contribution < 1.29 is 19.7 Å². The highest BCUT2D eigenvalue weighted by Crippen LogP contribution is 2.43. The third-order valence-electron chi connectivity index (χ3n) is 5.13. The van der Waals surface area contributed by atoms with Crippen LogP contribution in [0.3, 0.4) is 0 Å². The zero-order valence-electron chi connectivity index (χ0n) is 18.6. The van der Waals surface area contributed by atoms with E-state index in [1.54, 1.807) is 24.3 Å². The van der Waals surface area contributed by atoms with E-state index >= 15 is 0 Å². The Hall–Kier alpha value is -3.02. The summed E-state index contributed by atoms with van der Waals surface area (Å²) in [6, 6.07) is 10.4. The number of amides is 1. The van der Waals surface area contributed by atoms with Gasteiger partial charge in [0.15, 0.2) is 0 Å². The van der Waals surface area contributed by atoms with Crippen LogP contribution in [0, 0.1) is 0 Å². The summed E-state index contributed by atoms with van der Waals surface area (Å²) in [6.07, 6.45) is -0.792. The molecule has 2 N–H and O–H groups in total. The number of ether oxygens (including phenoxy) is 1. The van der Waals surface area contributed by atoms with E-state index in [2.05, 4.69) is 5.10 Å². The summed E-state index contributed by atoms with van der Waals surface area (Å²) in [5.74, 6) is 0.175. The topological polar surface area (TPSA) is 82.4 Å². The van der Waals surface area contributed by atoms with E-state index in [1.807, 2.05) is 53.7 Å². The fourth-order valence-electron chi connectivity index (χ4n) is 3.49. The van der Waals surface area contributed by atoms with Crippen molar-refractivity contribution in [1.82, 2.24) is 5.01 Å². The van der Waals surface area contributed by atoms with Crippen molar-refractivity contribution in [1.29, 1.82) is 0 Å². The molecule has 0 unspecified atom stereocenters. The minimum absolute atomic E-state index is 0.0249. The molecule has 0 radical (unpaired) electrons. The molecule has 2 aromatic carbocycles.